The molecule has 34 heavy (non-hydrogen) atoms. The third kappa shape index (κ3) is 5.42. The Morgan fingerprint density at radius 1 is 1.09 bits per heavy atom. The first-order chi connectivity index (χ1) is 16.2. The number of carbonyl (C=O) groups is 1. The Morgan fingerprint density at radius 2 is 1.79 bits per heavy atom. The molecule has 2 heterocycles. The molecule has 0 bridgehead atoms. The third-order valence-electron chi connectivity index (χ3n) is 4.75. The van der Waals surface area contributed by atoms with Crippen LogP contribution in [0.5, 0.6) is 5.75 Å². The molecule has 0 aliphatic carbocycles. The van der Waals surface area contributed by atoms with E-state index in [4.69, 9.17) is 4.42 Å². The summed E-state index contributed by atoms with van der Waals surface area (Å²) in [6.07, 6.45) is -3.21. The summed E-state index contributed by atoms with van der Waals surface area (Å²) in [7, 11) is 0. The second-order valence-corrected chi connectivity index (χ2v) is 8.50. The van der Waals surface area contributed by atoms with Crippen LogP contribution in [0.2, 0.25) is 0 Å². The van der Waals surface area contributed by atoms with Gasteiger partial charge in [-0.15, -0.1) is 23.4 Å². The molecular formula is C23H19F3N4O3S. The van der Waals surface area contributed by atoms with Gasteiger partial charge in [-0.3, -0.25) is 9.36 Å². The Bertz CT molecular complexity index is 1270. The average molecular weight is 488 g/mol. The second kappa shape index (κ2) is 9.64. The van der Waals surface area contributed by atoms with Crippen molar-refractivity contribution in [1.82, 2.24) is 14.8 Å². The summed E-state index contributed by atoms with van der Waals surface area (Å²) in [5, 5.41) is 11.2. The van der Waals surface area contributed by atoms with Gasteiger partial charge in [0.2, 0.25) is 5.91 Å². The van der Waals surface area contributed by atoms with E-state index < -0.39 is 11.6 Å². The van der Waals surface area contributed by atoms with Crippen molar-refractivity contribution in [1.29, 1.82) is 0 Å². The normalized spacial score (nSPS) is 12.4. The first-order valence-electron chi connectivity index (χ1n) is 10.1. The van der Waals surface area contributed by atoms with Gasteiger partial charge in [0.25, 0.3) is 0 Å². The molecule has 2 aromatic carbocycles. The number of para-hydroxylation sites is 1. The van der Waals surface area contributed by atoms with Gasteiger partial charge in [0.05, 0.1) is 17.1 Å². The summed E-state index contributed by atoms with van der Waals surface area (Å²) in [5.74, 6) is 0.543. The average Bonchev–Trinajstić information content (AvgIpc) is 3.40. The highest BCUT2D eigenvalue weighted by molar-refractivity contribution is 8.00. The van der Waals surface area contributed by atoms with E-state index in [9.17, 15) is 18.0 Å². The van der Waals surface area contributed by atoms with Crippen LogP contribution >= 0.6 is 11.8 Å². The van der Waals surface area contributed by atoms with E-state index in [1.54, 1.807) is 19.3 Å². The fraction of sp³-hybridized carbons (Fsp3) is 0.174. The Hall–Kier alpha value is -3.73. The number of benzene rings is 2. The van der Waals surface area contributed by atoms with Crippen molar-refractivity contribution in [3.63, 3.8) is 0 Å². The quantitative estimate of drug-likeness (QED) is 0.329. The minimum absolute atomic E-state index is 0.339. The number of nitrogens with one attached hydrogen (secondary N) is 1. The molecule has 7 nitrogen and oxygen atoms in total. The first kappa shape index (κ1) is 23.4. The number of aromatic nitrogens is 3. The van der Waals surface area contributed by atoms with Crippen molar-refractivity contribution >= 4 is 23.4 Å². The molecule has 0 radical (unpaired) electrons. The van der Waals surface area contributed by atoms with Gasteiger partial charge in [-0.1, -0.05) is 30.0 Å². The lowest BCUT2D eigenvalue weighted by Crippen LogP contribution is -2.23. The summed E-state index contributed by atoms with van der Waals surface area (Å²) in [6.45, 7) is 3.53. The molecule has 1 atom stereocenters. The first-order valence-corrected chi connectivity index (χ1v) is 11.0. The van der Waals surface area contributed by atoms with Gasteiger partial charge < -0.3 is 14.5 Å². The number of aryl methyl sites for hydroxylation is 1. The Balaban J connectivity index is 1.53. The second-order valence-electron chi connectivity index (χ2n) is 7.19. The zero-order valence-electron chi connectivity index (χ0n) is 18.0. The number of halogens is 3. The van der Waals surface area contributed by atoms with Crippen LogP contribution in [0, 0.1) is 6.92 Å². The molecule has 11 heteroatoms. The van der Waals surface area contributed by atoms with Crippen LogP contribution in [0.25, 0.3) is 17.1 Å². The summed E-state index contributed by atoms with van der Waals surface area (Å²) in [4.78, 5) is 12.8. The molecule has 0 saturated heterocycles. The molecule has 176 valence electrons. The van der Waals surface area contributed by atoms with Crippen LogP contribution in [0.3, 0.4) is 0 Å². The van der Waals surface area contributed by atoms with Gasteiger partial charge in [0, 0.05) is 11.4 Å². The predicted molar refractivity (Wildman–Crippen MR) is 121 cm³/mol. The van der Waals surface area contributed by atoms with Crippen LogP contribution in [-0.2, 0) is 4.79 Å². The fourth-order valence-electron chi connectivity index (χ4n) is 3.14. The lowest BCUT2D eigenvalue weighted by atomic mass is 10.2. The topological polar surface area (TPSA) is 82.2 Å². The van der Waals surface area contributed by atoms with Crippen molar-refractivity contribution in [2.45, 2.75) is 30.6 Å². The highest BCUT2D eigenvalue weighted by atomic mass is 32.2. The van der Waals surface area contributed by atoms with Crippen LogP contribution in [0.15, 0.2) is 76.5 Å². The molecule has 1 N–H and O–H groups in total. The van der Waals surface area contributed by atoms with Crippen molar-refractivity contribution in [2.24, 2.45) is 0 Å². The van der Waals surface area contributed by atoms with E-state index in [0.717, 1.165) is 23.4 Å². The molecule has 0 spiro atoms. The number of amides is 1. The van der Waals surface area contributed by atoms with E-state index in [-0.39, 0.29) is 11.7 Å². The summed E-state index contributed by atoms with van der Waals surface area (Å²) in [5.41, 5.74) is 1.94. The monoisotopic (exact) mass is 488 g/mol. The number of hydrogen-bond acceptors (Lipinski definition) is 6. The fourth-order valence-corrected chi connectivity index (χ4v) is 4.01. The van der Waals surface area contributed by atoms with Crippen molar-refractivity contribution in [3.8, 4) is 22.8 Å². The number of anilines is 1. The summed E-state index contributed by atoms with van der Waals surface area (Å²) >= 11 is 1.20. The number of ether oxygens (including phenoxy) is 1. The van der Waals surface area contributed by atoms with Crippen molar-refractivity contribution in [3.05, 3.63) is 72.7 Å². The number of carbonyl (C=O) groups excluding carboxylic acids is 1. The molecule has 2 aromatic heterocycles. The van der Waals surface area contributed by atoms with Gasteiger partial charge in [-0.05, 0) is 56.3 Å². The number of hydrogen-bond donors (Lipinski definition) is 1. The molecule has 0 fully saturated rings. The largest absolute Gasteiger partial charge is 0.573 e. The number of thioether (sulfide) groups is 1. The van der Waals surface area contributed by atoms with Gasteiger partial charge in [-0.25, -0.2) is 0 Å². The Morgan fingerprint density at radius 3 is 2.41 bits per heavy atom. The van der Waals surface area contributed by atoms with E-state index in [2.05, 4.69) is 20.3 Å². The van der Waals surface area contributed by atoms with Crippen LogP contribution in [0.1, 0.15) is 12.7 Å². The zero-order chi connectivity index (χ0) is 24.3. The van der Waals surface area contributed by atoms with Gasteiger partial charge in [-0.2, -0.15) is 0 Å². The maximum atomic E-state index is 12.8. The van der Waals surface area contributed by atoms with E-state index in [0.29, 0.717) is 22.4 Å². The smallest absolute Gasteiger partial charge is 0.469 e. The van der Waals surface area contributed by atoms with Crippen molar-refractivity contribution in [2.75, 3.05) is 5.32 Å². The van der Waals surface area contributed by atoms with E-state index in [1.165, 1.54) is 23.9 Å². The van der Waals surface area contributed by atoms with Crippen LogP contribution in [-0.4, -0.2) is 32.3 Å². The molecule has 4 rings (SSSR count). The van der Waals surface area contributed by atoms with Gasteiger partial charge in [0.1, 0.15) is 11.5 Å². The Kier molecular flexibility index (Phi) is 6.64. The summed E-state index contributed by atoms with van der Waals surface area (Å²) < 4.78 is 48.1. The number of furan rings is 1. The molecular weight excluding hydrogens is 469 g/mol. The Labute approximate surface area is 196 Å². The van der Waals surface area contributed by atoms with Crippen LogP contribution < -0.4 is 10.1 Å². The lowest BCUT2D eigenvalue weighted by Gasteiger charge is -2.14. The molecule has 0 saturated carbocycles. The molecule has 1 unspecified atom stereocenters. The maximum Gasteiger partial charge on any atom is 0.573 e. The number of nitrogens with zero attached hydrogens (tertiary/aromatic N) is 3. The predicted octanol–water partition coefficient (Wildman–Crippen LogP) is 5.85. The minimum Gasteiger partial charge on any atom is -0.469 e. The van der Waals surface area contributed by atoms with Crippen molar-refractivity contribution < 1.29 is 27.1 Å². The third-order valence-corrected chi connectivity index (χ3v) is 5.80. The van der Waals surface area contributed by atoms with E-state index in [1.807, 2.05) is 41.8 Å². The standard InChI is InChI=1S/C23H19F3N4O3S/c1-14-19(12-13-32-14)20-28-29-22(30(20)17-6-4-3-5-7-17)34-15(2)21(31)27-16-8-10-18(11-9-16)33-23(24,25)26/h3-13,15H,1-2H3,(H,27,31). The van der Waals surface area contributed by atoms with Crippen LogP contribution in [0.4, 0.5) is 18.9 Å². The zero-order valence-corrected chi connectivity index (χ0v) is 18.9. The molecule has 0 aliphatic heterocycles. The number of rotatable bonds is 7. The minimum atomic E-state index is -4.78. The molecule has 1 amide bonds. The highest BCUT2D eigenvalue weighted by Crippen LogP contribution is 2.32. The molecule has 4 aromatic rings. The van der Waals surface area contributed by atoms with Gasteiger partial charge >= 0.3 is 6.36 Å². The van der Waals surface area contributed by atoms with E-state index >= 15 is 0 Å². The highest BCUT2D eigenvalue weighted by Gasteiger charge is 2.31. The van der Waals surface area contributed by atoms with Gasteiger partial charge in [0.15, 0.2) is 11.0 Å². The lowest BCUT2D eigenvalue weighted by molar-refractivity contribution is -0.274. The number of alkyl halides is 3. The summed E-state index contributed by atoms with van der Waals surface area (Å²) in [6, 6.07) is 16.2. The molecule has 0 aliphatic rings. The maximum absolute atomic E-state index is 12.8. The SMILES string of the molecule is Cc1occc1-c1nnc(SC(C)C(=O)Nc2ccc(OC(F)(F)F)cc2)n1-c1ccccc1.